The van der Waals surface area contributed by atoms with Crippen molar-refractivity contribution in [2.24, 2.45) is 40.4 Å². The van der Waals surface area contributed by atoms with Crippen molar-refractivity contribution >= 4 is 49.4 Å². The fourth-order valence-electron chi connectivity index (χ4n) is 8.46. The molecule has 4 aliphatic rings. The van der Waals surface area contributed by atoms with Gasteiger partial charge in [0.15, 0.2) is 12.4 Å². The highest BCUT2D eigenvalue weighted by Crippen LogP contribution is 2.69. The van der Waals surface area contributed by atoms with Gasteiger partial charge in [0.1, 0.15) is 5.60 Å². The molecule has 0 heterocycles. The third-order valence-corrected chi connectivity index (χ3v) is 11.7. The van der Waals surface area contributed by atoms with Crippen LogP contribution in [0.5, 0.6) is 0 Å². The summed E-state index contributed by atoms with van der Waals surface area (Å²) >= 11 is 7.25. The first-order valence-corrected chi connectivity index (χ1v) is 13.5. The van der Waals surface area contributed by atoms with Crippen LogP contribution in [0.25, 0.3) is 0 Å². The highest BCUT2D eigenvalue weighted by Gasteiger charge is 2.71. The van der Waals surface area contributed by atoms with E-state index in [1.807, 2.05) is 13.8 Å². The number of rotatable bonds is 3. The lowest BCUT2D eigenvalue weighted by molar-refractivity contribution is -0.201. The number of Topliss-reactive ketones (excluding diaryl/α,β-unsaturated/α-hetero) is 2. The van der Waals surface area contributed by atoms with Crippen LogP contribution in [0.4, 0.5) is 0 Å². The molecule has 4 rings (SSSR count). The van der Waals surface area contributed by atoms with Crippen LogP contribution < -0.4 is 0 Å². The van der Waals surface area contributed by atoms with Gasteiger partial charge in [-0.2, -0.15) is 0 Å². The summed E-state index contributed by atoms with van der Waals surface area (Å²) < 4.78 is 4.95. The van der Waals surface area contributed by atoms with Gasteiger partial charge in [-0.3, -0.25) is 14.4 Å². The number of halogens is 2. The Morgan fingerprint density at radius 2 is 1.81 bits per heavy atom. The molecule has 0 radical (unpaired) electrons. The molecule has 4 fully saturated rings. The predicted molar refractivity (Wildman–Crippen MR) is 125 cm³/mol. The van der Waals surface area contributed by atoms with Gasteiger partial charge in [0.2, 0.25) is 5.78 Å². The molecule has 3 unspecified atom stereocenters. The highest BCUT2D eigenvalue weighted by molar-refractivity contribution is 9.10. The van der Waals surface area contributed by atoms with Crippen LogP contribution in [-0.4, -0.2) is 55.7 Å². The Hall–Kier alpha value is -0.310. The van der Waals surface area contributed by atoms with E-state index >= 15 is 0 Å². The van der Waals surface area contributed by atoms with Gasteiger partial charge >= 0.3 is 5.97 Å². The number of aliphatic hydroxyl groups excluding tert-OH is 1. The first kappa shape index (κ1) is 24.8. The van der Waals surface area contributed by atoms with Crippen LogP contribution in [-0.2, 0) is 19.1 Å². The normalized spacial score (nSPS) is 52.6. The summed E-state index contributed by atoms with van der Waals surface area (Å²) in [7, 11) is 0. The number of hydrogen-bond donors (Lipinski definition) is 2. The van der Waals surface area contributed by atoms with E-state index in [0.717, 1.165) is 12.8 Å². The average Bonchev–Trinajstić information content (AvgIpc) is 2.91. The molecule has 2 N–H and O–H groups in total. The summed E-state index contributed by atoms with van der Waals surface area (Å²) in [5, 5.41) is 23.4. The maximum Gasteiger partial charge on any atom is 0.303 e. The quantitative estimate of drug-likeness (QED) is 0.394. The van der Waals surface area contributed by atoms with Crippen molar-refractivity contribution in [3.8, 4) is 0 Å². The summed E-state index contributed by atoms with van der Waals surface area (Å²) in [5.74, 6) is -0.729. The zero-order valence-electron chi connectivity index (χ0n) is 19.1. The second kappa shape index (κ2) is 8.13. The van der Waals surface area contributed by atoms with Crippen molar-refractivity contribution in [1.82, 2.24) is 0 Å². The molecular formula is C24H34Br2O6. The molecule has 8 heteroatoms. The number of hydrogen-bond acceptors (Lipinski definition) is 6. The van der Waals surface area contributed by atoms with E-state index in [-0.39, 0.29) is 50.4 Å². The number of esters is 1. The molecule has 0 amide bonds. The largest absolute Gasteiger partial charge is 0.458 e. The van der Waals surface area contributed by atoms with Gasteiger partial charge in [-0.25, -0.2) is 0 Å². The fourth-order valence-corrected chi connectivity index (χ4v) is 11.0. The standard InChI is InChI=1S/C24H34Br2O6/c1-11-7-15-13-5-6-14-20(26)21(30)16(25)8-22(14,3)19(13)17(28)9-23(15,4)24(11,31)18(29)10-32-12(2)27/h11,13-17,19-20,28,31H,5-10H2,1-4H3/t11-,13+,14?,15+,16?,17-,19-,20?,22+,23+,24+/m1/s1. The minimum Gasteiger partial charge on any atom is -0.458 e. The second-order valence-corrected chi connectivity index (χ2v) is 13.3. The van der Waals surface area contributed by atoms with Gasteiger partial charge in [-0.1, -0.05) is 52.6 Å². The minimum atomic E-state index is -1.64. The predicted octanol–water partition coefficient (Wildman–Crippen LogP) is 3.43. The molecule has 0 aromatic carbocycles. The van der Waals surface area contributed by atoms with Crippen molar-refractivity contribution in [1.29, 1.82) is 0 Å². The number of carbonyl (C=O) groups is 3. The molecule has 0 aromatic heterocycles. The Kier molecular flexibility index (Phi) is 6.30. The van der Waals surface area contributed by atoms with Gasteiger partial charge < -0.3 is 14.9 Å². The lowest BCUT2D eigenvalue weighted by Crippen LogP contribution is -2.65. The third-order valence-electron chi connectivity index (χ3n) is 9.84. The highest BCUT2D eigenvalue weighted by atomic mass is 79.9. The molecule has 180 valence electrons. The van der Waals surface area contributed by atoms with E-state index in [0.29, 0.717) is 19.3 Å². The molecular weight excluding hydrogens is 544 g/mol. The summed E-state index contributed by atoms with van der Waals surface area (Å²) in [6.07, 6.45) is 2.77. The molecule has 11 atom stereocenters. The van der Waals surface area contributed by atoms with Crippen molar-refractivity contribution < 1.29 is 29.3 Å². The zero-order chi connectivity index (χ0) is 23.8. The van der Waals surface area contributed by atoms with Crippen LogP contribution in [0.1, 0.15) is 59.8 Å². The lowest BCUT2D eigenvalue weighted by Gasteiger charge is -2.63. The maximum atomic E-state index is 13.2. The lowest BCUT2D eigenvalue weighted by atomic mass is 9.43. The third kappa shape index (κ3) is 3.25. The number of carbonyl (C=O) groups excluding carboxylic acids is 3. The summed E-state index contributed by atoms with van der Waals surface area (Å²) in [5.41, 5.74) is -2.65. The van der Waals surface area contributed by atoms with Crippen LogP contribution in [0, 0.1) is 40.4 Å². The SMILES string of the molecule is CC(=O)OCC(=O)[C@@]1(O)[C@H](C)C[C@H]2[C@@H]3CCC4C(Br)C(=O)C(Br)C[C@]4(C)[C@H]3[C@H](O)C[C@@]21C. The average molecular weight is 578 g/mol. The van der Waals surface area contributed by atoms with E-state index in [2.05, 4.69) is 38.8 Å². The van der Waals surface area contributed by atoms with Gasteiger partial charge in [0.25, 0.3) is 0 Å². The summed E-state index contributed by atoms with van der Waals surface area (Å²) in [4.78, 5) is 36.6. The topological polar surface area (TPSA) is 101 Å². The molecule has 0 saturated heterocycles. The van der Waals surface area contributed by atoms with Crippen molar-refractivity contribution in [3.05, 3.63) is 0 Å². The van der Waals surface area contributed by atoms with Crippen LogP contribution in [0.3, 0.4) is 0 Å². The number of alkyl halides is 2. The van der Waals surface area contributed by atoms with E-state index in [9.17, 15) is 24.6 Å². The molecule has 0 bridgehead atoms. The van der Waals surface area contributed by atoms with Crippen LogP contribution >= 0.6 is 31.9 Å². The van der Waals surface area contributed by atoms with E-state index in [1.165, 1.54) is 6.92 Å². The first-order chi connectivity index (χ1) is 14.8. The molecule has 6 nitrogen and oxygen atoms in total. The van der Waals surface area contributed by atoms with Gasteiger partial charge in [-0.05, 0) is 67.1 Å². The van der Waals surface area contributed by atoms with Crippen molar-refractivity contribution in [3.63, 3.8) is 0 Å². The molecule has 0 aromatic rings. The Morgan fingerprint density at radius 3 is 2.44 bits per heavy atom. The molecule has 4 saturated carbocycles. The maximum absolute atomic E-state index is 13.2. The Bertz CT molecular complexity index is 833. The van der Waals surface area contributed by atoms with Gasteiger partial charge in [-0.15, -0.1) is 0 Å². The number of aliphatic hydroxyl groups is 2. The Morgan fingerprint density at radius 1 is 1.16 bits per heavy atom. The molecule has 0 aliphatic heterocycles. The van der Waals surface area contributed by atoms with Crippen LogP contribution in [0.2, 0.25) is 0 Å². The van der Waals surface area contributed by atoms with Crippen molar-refractivity contribution in [2.45, 2.75) is 81.2 Å². The van der Waals surface area contributed by atoms with E-state index in [4.69, 9.17) is 4.74 Å². The number of fused-ring (bicyclic) bond motifs is 5. The van der Waals surface area contributed by atoms with E-state index in [1.54, 1.807) is 0 Å². The van der Waals surface area contributed by atoms with Gasteiger partial charge in [0, 0.05) is 12.3 Å². The molecule has 0 spiro atoms. The second-order valence-electron chi connectivity index (χ2n) is 11.3. The summed E-state index contributed by atoms with van der Waals surface area (Å²) in [6.45, 7) is 6.85. The monoisotopic (exact) mass is 576 g/mol. The molecule has 4 aliphatic carbocycles. The minimum absolute atomic E-state index is 0.00523. The summed E-state index contributed by atoms with van der Waals surface area (Å²) in [6, 6.07) is 0. The Balaban J connectivity index is 1.69. The number of ketones is 2. The van der Waals surface area contributed by atoms with Crippen LogP contribution in [0.15, 0.2) is 0 Å². The Labute approximate surface area is 206 Å². The molecule has 32 heavy (non-hydrogen) atoms. The van der Waals surface area contributed by atoms with E-state index < -0.39 is 35.5 Å². The zero-order valence-corrected chi connectivity index (χ0v) is 22.3. The number of ether oxygens (including phenoxy) is 1. The van der Waals surface area contributed by atoms with Gasteiger partial charge in [0.05, 0.1) is 15.8 Å². The van der Waals surface area contributed by atoms with Crippen molar-refractivity contribution in [2.75, 3.05) is 6.61 Å². The fraction of sp³-hybridized carbons (Fsp3) is 0.875. The smallest absolute Gasteiger partial charge is 0.303 e. The first-order valence-electron chi connectivity index (χ1n) is 11.7.